The lowest BCUT2D eigenvalue weighted by Crippen LogP contribution is -2.47. The Balaban J connectivity index is 2.09. The average Bonchev–Trinajstić information content (AvgIpc) is 2.99. The minimum absolute atomic E-state index is 0.131. The lowest BCUT2D eigenvalue weighted by molar-refractivity contribution is -0.144. The molecule has 0 bridgehead atoms. The summed E-state index contributed by atoms with van der Waals surface area (Å²) in [5, 5.41) is 6.71. The molecule has 0 spiro atoms. The molecule has 0 aliphatic heterocycles. The van der Waals surface area contributed by atoms with Crippen LogP contribution in [0.5, 0.6) is 11.5 Å². The number of H-pyrrole nitrogens is 1. The molecule has 22 heavy (non-hydrogen) atoms. The van der Waals surface area contributed by atoms with Crippen molar-refractivity contribution >= 4 is 5.91 Å². The van der Waals surface area contributed by atoms with Crippen molar-refractivity contribution < 1.29 is 14.3 Å². The number of ether oxygens (including phenoxy) is 2. The fraction of sp³-hybridized carbons (Fsp3) is 0.375. The third kappa shape index (κ3) is 3.58. The Morgan fingerprint density at radius 3 is 2.55 bits per heavy atom. The van der Waals surface area contributed by atoms with Gasteiger partial charge in [0.05, 0.1) is 19.3 Å². The Morgan fingerprint density at radius 1 is 1.27 bits per heavy atom. The third-order valence-electron chi connectivity index (χ3n) is 3.26. The van der Waals surface area contributed by atoms with Gasteiger partial charge in [0.25, 0.3) is 5.91 Å². The van der Waals surface area contributed by atoms with Crippen LogP contribution in [-0.2, 0) is 11.3 Å². The van der Waals surface area contributed by atoms with Crippen molar-refractivity contribution in [1.82, 2.24) is 15.1 Å². The summed E-state index contributed by atoms with van der Waals surface area (Å²) in [4.78, 5) is 14.2. The number of carbonyl (C=O) groups excluding carboxylic acids is 1. The highest BCUT2D eigenvalue weighted by Crippen LogP contribution is 2.30. The number of nitrogens with zero attached hydrogens (tertiary/aromatic N) is 2. The SMILES string of the molecule is COc1ccccc1OC(C)(C)C(=O)N(C)Cc1ccn[nH]1. The fourth-order valence-corrected chi connectivity index (χ4v) is 2.18. The maximum atomic E-state index is 12.6. The van der Waals surface area contributed by atoms with Gasteiger partial charge in [-0.1, -0.05) is 12.1 Å². The van der Waals surface area contributed by atoms with E-state index in [1.165, 1.54) is 0 Å². The molecule has 0 saturated heterocycles. The van der Waals surface area contributed by atoms with Crippen LogP contribution in [0.15, 0.2) is 36.5 Å². The van der Waals surface area contributed by atoms with E-state index < -0.39 is 5.60 Å². The fourth-order valence-electron chi connectivity index (χ4n) is 2.18. The van der Waals surface area contributed by atoms with Crippen molar-refractivity contribution in [3.8, 4) is 11.5 Å². The maximum Gasteiger partial charge on any atom is 0.266 e. The van der Waals surface area contributed by atoms with Crippen molar-refractivity contribution in [2.24, 2.45) is 0 Å². The molecule has 6 nitrogen and oxygen atoms in total. The Kier molecular flexibility index (Phi) is 4.70. The van der Waals surface area contributed by atoms with E-state index in [2.05, 4.69) is 10.2 Å². The molecular formula is C16H21N3O3. The summed E-state index contributed by atoms with van der Waals surface area (Å²) < 4.78 is 11.1. The molecule has 0 aliphatic rings. The largest absolute Gasteiger partial charge is 0.493 e. The number of nitrogens with one attached hydrogen (secondary N) is 1. The van der Waals surface area contributed by atoms with Gasteiger partial charge in [0.2, 0.25) is 0 Å². The zero-order valence-corrected chi connectivity index (χ0v) is 13.3. The highest BCUT2D eigenvalue weighted by molar-refractivity contribution is 5.84. The highest BCUT2D eigenvalue weighted by Gasteiger charge is 2.33. The first-order valence-electron chi connectivity index (χ1n) is 7.00. The summed E-state index contributed by atoms with van der Waals surface area (Å²) >= 11 is 0. The van der Waals surface area contributed by atoms with Crippen molar-refractivity contribution in [2.75, 3.05) is 14.2 Å². The number of aromatic nitrogens is 2. The maximum absolute atomic E-state index is 12.6. The first-order chi connectivity index (χ1) is 10.4. The second-order valence-corrected chi connectivity index (χ2v) is 5.51. The van der Waals surface area contributed by atoms with Crippen LogP contribution >= 0.6 is 0 Å². The minimum Gasteiger partial charge on any atom is -0.493 e. The minimum atomic E-state index is -1.01. The van der Waals surface area contributed by atoms with E-state index in [0.717, 1.165) is 5.69 Å². The van der Waals surface area contributed by atoms with E-state index in [1.54, 1.807) is 51.2 Å². The zero-order chi connectivity index (χ0) is 16.2. The summed E-state index contributed by atoms with van der Waals surface area (Å²) in [5.74, 6) is 1.01. The van der Waals surface area contributed by atoms with Gasteiger partial charge in [-0.3, -0.25) is 9.89 Å². The normalized spacial score (nSPS) is 11.1. The van der Waals surface area contributed by atoms with Gasteiger partial charge in [0, 0.05) is 13.2 Å². The molecule has 1 N–H and O–H groups in total. The standard InChI is InChI=1S/C16H21N3O3/c1-16(2,22-14-8-6-5-7-13(14)21-4)15(20)19(3)11-12-9-10-17-18-12/h5-10H,11H2,1-4H3,(H,17,18). The number of carbonyl (C=O) groups is 1. The van der Waals surface area contributed by atoms with Crippen molar-refractivity contribution in [3.05, 3.63) is 42.2 Å². The van der Waals surface area contributed by atoms with Crippen LogP contribution in [0.1, 0.15) is 19.5 Å². The smallest absolute Gasteiger partial charge is 0.266 e. The van der Waals surface area contributed by atoms with Gasteiger partial charge in [-0.2, -0.15) is 5.10 Å². The van der Waals surface area contributed by atoms with Gasteiger partial charge in [-0.05, 0) is 32.0 Å². The molecule has 6 heteroatoms. The van der Waals surface area contributed by atoms with Gasteiger partial charge in [-0.15, -0.1) is 0 Å². The summed E-state index contributed by atoms with van der Waals surface area (Å²) in [7, 11) is 3.30. The number of hydrogen-bond acceptors (Lipinski definition) is 4. The van der Waals surface area contributed by atoms with Gasteiger partial charge < -0.3 is 14.4 Å². The van der Waals surface area contributed by atoms with E-state index >= 15 is 0 Å². The summed E-state index contributed by atoms with van der Waals surface area (Å²) in [6, 6.07) is 9.10. The highest BCUT2D eigenvalue weighted by atomic mass is 16.5. The summed E-state index contributed by atoms with van der Waals surface area (Å²) in [6.07, 6.45) is 1.66. The van der Waals surface area contributed by atoms with E-state index in [9.17, 15) is 4.79 Å². The summed E-state index contributed by atoms with van der Waals surface area (Å²) in [5.41, 5.74) is -0.146. The monoisotopic (exact) mass is 303 g/mol. The Morgan fingerprint density at radius 2 is 1.95 bits per heavy atom. The lowest BCUT2D eigenvalue weighted by Gasteiger charge is -2.30. The molecule has 118 valence electrons. The average molecular weight is 303 g/mol. The Bertz CT molecular complexity index is 623. The molecule has 1 aromatic heterocycles. The van der Waals surface area contributed by atoms with E-state index in [0.29, 0.717) is 18.0 Å². The molecule has 0 radical (unpaired) electrons. The molecule has 0 unspecified atom stereocenters. The number of likely N-dealkylation sites (N-methyl/N-ethyl adjacent to an activating group) is 1. The van der Waals surface area contributed by atoms with Crippen LogP contribution in [0.2, 0.25) is 0 Å². The molecule has 0 aliphatic carbocycles. The molecule has 2 aromatic rings. The molecule has 0 saturated carbocycles. The molecule has 2 rings (SSSR count). The second kappa shape index (κ2) is 6.51. The predicted molar refractivity (Wildman–Crippen MR) is 82.8 cm³/mol. The number of benzene rings is 1. The van der Waals surface area contributed by atoms with Crippen LogP contribution in [0.3, 0.4) is 0 Å². The Labute approximate surface area is 130 Å². The molecule has 0 atom stereocenters. The molecular weight excluding hydrogens is 282 g/mol. The molecule has 1 aromatic carbocycles. The van der Waals surface area contributed by atoms with Crippen molar-refractivity contribution in [2.45, 2.75) is 26.0 Å². The first-order valence-corrected chi connectivity index (χ1v) is 7.00. The van der Waals surface area contributed by atoms with E-state index in [-0.39, 0.29) is 5.91 Å². The second-order valence-electron chi connectivity index (χ2n) is 5.51. The lowest BCUT2D eigenvalue weighted by atomic mass is 10.1. The number of methoxy groups -OCH3 is 1. The predicted octanol–water partition coefficient (Wildman–Crippen LogP) is 2.23. The number of hydrogen-bond donors (Lipinski definition) is 1. The first kappa shape index (κ1) is 15.9. The Hall–Kier alpha value is -2.50. The van der Waals surface area contributed by atoms with Crippen LogP contribution in [0.4, 0.5) is 0 Å². The van der Waals surface area contributed by atoms with Crippen molar-refractivity contribution in [1.29, 1.82) is 0 Å². The van der Waals surface area contributed by atoms with Crippen LogP contribution < -0.4 is 9.47 Å². The molecule has 0 fully saturated rings. The van der Waals surface area contributed by atoms with E-state index in [4.69, 9.17) is 9.47 Å². The number of para-hydroxylation sites is 2. The number of rotatable bonds is 6. The van der Waals surface area contributed by atoms with Gasteiger partial charge >= 0.3 is 0 Å². The van der Waals surface area contributed by atoms with Gasteiger partial charge in [-0.25, -0.2) is 0 Å². The molecule has 1 heterocycles. The van der Waals surface area contributed by atoms with Gasteiger partial charge in [0.15, 0.2) is 17.1 Å². The number of amides is 1. The van der Waals surface area contributed by atoms with Gasteiger partial charge in [0.1, 0.15) is 0 Å². The van der Waals surface area contributed by atoms with Crippen LogP contribution in [0.25, 0.3) is 0 Å². The quantitative estimate of drug-likeness (QED) is 0.888. The summed E-state index contributed by atoms with van der Waals surface area (Å²) in [6.45, 7) is 3.92. The van der Waals surface area contributed by atoms with Crippen LogP contribution in [-0.4, -0.2) is 40.8 Å². The van der Waals surface area contributed by atoms with Crippen molar-refractivity contribution in [3.63, 3.8) is 0 Å². The number of aromatic amines is 1. The molecule has 1 amide bonds. The van der Waals surface area contributed by atoms with E-state index in [1.807, 2.05) is 18.2 Å². The third-order valence-corrected chi connectivity index (χ3v) is 3.26. The van der Waals surface area contributed by atoms with Crippen LogP contribution in [0, 0.1) is 0 Å². The zero-order valence-electron chi connectivity index (χ0n) is 13.3. The topological polar surface area (TPSA) is 67.5 Å².